The van der Waals surface area contributed by atoms with Crippen molar-refractivity contribution in [2.45, 2.75) is 39.7 Å². The summed E-state index contributed by atoms with van der Waals surface area (Å²) in [6.45, 7) is 5.94. The maximum absolute atomic E-state index is 12.1. The Bertz CT molecular complexity index is 633. The summed E-state index contributed by atoms with van der Waals surface area (Å²) < 4.78 is 1.83. The number of hydrogen-bond acceptors (Lipinski definition) is 3. The molecule has 0 saturated carbocycles. The number of aromatic nitrogens is 2. The van der Waals surface area contributed by atoms with Crippen molar-refractivity contribution in [2.24, 2.45) is 5.73 Å². The van der Waals surface area contributed by atoms with Crippen LogP contribution in [0.15, 0.2) is 30.3 Å². The van der Waals surface area contributed by atoms with E-state index in [1.54, 1.807) is 0 Å². The van der Waals surface area contributed by atoms with Crippen LogP contribution >= 0.6 is 0 Å². The highest BCUT2D eigenvalue weighted by molar-refractivity contribution is 5.96. The SMILES string of the molecule is CCCC(N)C(=O)Nc1ccccc1-n1nc(C)cc1C. The molecule has 1 aromatic heterocycles. The molecule has 5 heteroatoms. The summed E-state index contributed by atoms with van der Waals surface area (Å²) in [5.41, 5.74) is 9.40. The number of rotatable bonds is 5. The topological polar surface area (TPSA) is 72.9 Å². The van der Waals surface area contributed by atoms with Crippen molar-refractivity contribution in [3.63, 3.8) is 0 Å². The van der Waals surface area contributed by atoms with Gasteiger partial charge in [0.25, 0.3) is 0 Å². The van der Waals surface area contributed by atoms with Gasteiger partial charge in [-0.1, -0.05) is 25.5 Å². The molecule has 0 saturated heterocycles. The van der Waals surface area contributed by atoms with Gasteiger partial charge in [-0.25, -0.2) is 4.68 Å². The zero-order chi connectivity index (χ0) is 15.4. The zero-order valence-electron chi connectivity index (χ0n) is 12.8. The summed E-state index contributed by atoms with van der Waals surface area (Å²) in [4.78, 5) is 12.1. The van der Waals surface area contributed by atoms with Gasteiger partial charge in [0.1, 0.15) is 0 Å². The number of aryl methyl sites for hydroxylation is 2. The lowest BCUT2D eigenvalue weighted by atomic mass is 10.1. The first-order valence-corrected chi connectivity index (χ1v) is 7.22. The van der Waals surface area contributed by atoms with Gasteiger partial charge in [-0.15, -0.1) is 0 Å². The summed E-state index contributed by atoms with van der Waals surface area (Å²) in [6, 6.07) is 9.12. The summed E-state index contributed by atoms with van der Waals surface area (Å²) in [7, 11) is 0. The van der Waals surface area contributed by atoms with Crippen molar-refractivity contribution >= 4 is 11.6 Å². The third kappa shape index (κ3) is 3.49. The maximum atomic E-state index is 12.1. The van der Waals surface area contributed by atoms with Crippen molar-refractivity contribution in [3.05, 3.63) is 41.7 Å². The van der Waals surface area contributed by atoms with Gasteiger partial charge in [0, 0.05) is 5.69 Å². The van der Waals surface area contributed by atoms with Crippen LogP contribution < -0.4 is 11.1 Å². The molecule has 1 amide bonds. The zero-order valence-corrected chi connectivity index (χ0v) is 12.8. The molecular formula is C16H22N4O. The minimum atomic E-state index is -0.483. The molecule has 21 heavy (non-hydrogen) atoms. The molecule has 1 atom stereocenters. The predicted octanol–water partition coefficient (Wildman–Crippen LogP) is 2.56. The Labute approximate surface area is 125 Å². The summed E-state index contributed by atoms with van der Waals surface area (Å²) in [5, 5.41) is 7.37. The number of benzene rings is 1. The molecule has 2 rings (SSSR count). The van der Waals surface area contributed by atoms with Crippen LogP contribution in [0, 0.1) is 13.8 Å². The fourth-order valence-corrected chi connectivity index (χ4v) is 2.30. The highest BCUT2D eigenvalue weighted by Gasteiger charge is 2.15. The van der Waals surface area contributed by atoms with Crippen LogP contribution in [-0.4, -0.2) is 21.7 Å². The van der Waals surface area contributed by atoms with Crippen LogP contribution in [0.5, 0.6) is 0 Å². The molecular weight excluding hydrogens is 264 g/mol. The minimum absolute atomic E-state index is 0.161. The lowest BCUT2D eigenvalue weighted by Gasteiger charge is -2.15. The first-order chi connectivity index (χ1) is 10.0. The van der Waals surface area contributed by atoms with Gasteiger partial charge >= 0.3 is 0 Å². The smallest absolute Gasteiger partial charge is 0.241 e. The highest BCUT2D eigenvalue weighted by Crippen LogP contribution is 2.21. The first kappa shape index (κ1) is 15.3. The summed E-state index contributed by atoms with van der Waals surface area (Å²) in [6.07, 6.45) is 1.56. The molecule has 3 N–H and O–H groups in total. The summed E-state index contributed by atoms with van der Waals surface area (Å²) in [5.74, 6) is -0.161. The largest absolute Gasteiger partial charge is 0.323 e. The second-order valence-corrected chi connectivity index (χ2v) is 5.24. The number of anilines is 1. The fraction of sp³-hybridized carbons (Fsp3) is 0.375. The van der Waals surface area contributed by atoms with E-state index in [2.05, 4.69) is 10.4 Å². The monoisotopic (exact) mass is 286 g/mol. The molecule has 5 nitrogen and oxygen atoms in total. The molecule has 0 radical (unpaired) electrons. The van der Waals surface area contributed by atoms with Crippen molar-refractivity contribution in [3.8, 4) is 5.69 Å². The second-order valence-electron chi connectivity index (χ2n) is 5.24. The Morgan fingerprint density at radius 2 is 2.10 bits per heavy atom. The molecule has 112 valence electrons. The fourth-order valence-electron chi connectivity index (χ4n) is 2.30. The van der Waals surface area contributed by atoms with Crippen LogP contribution in [-0.2, 0) is 4.79 Å². The predicted molar refractivity (Wildman–Crippen MR) is 84.6 cm³/mol. The Morgan fingerprint density at radius 3 is 2.71 bits per heavy atom. The van der Waals surface area contributed by atoms with E-state index in [0.717, 1.165) is 29.2 Å². The van der Waals surface area contributed by atoms with Gasteiger partial charge < -0.3 is 11.1 Å². The number of hydrogen-bond donors (Lipinski definition) is 2. The van der Waals surface area contributed by atoms with E-state index in [-0.39, 0.29) is 5.91 Å². The normalized spacial score (nSPS) is 12.2. The van der Waals surface area contributed by atoms with E-state index in [1.807, 2.05) is 55.8 Å². The maximum Gasteiger partial charge on any atom is 0.241 e. The van der Waals surface area contributed by atoms with Crippen molar-refractivity contribution in [2.75, 3.05) is 5.32 Å². The Kier molecular flexibility index (Phi) is 4.75. The first-order valence-electron chi connectivity index (χ1n) is 7.22. The lowest BCUT2D eigenvalue weighted by molar-refractivity contribution is -0.117. The van der Waals surface area contributed by atoms with Gasteiger partial charge in [-0.3, -0.25) is 4.79 Å². The molecule has 0 fully saturated rings. The lowest BCUT2D eigenvalue weighted by Crippen LogP contribution is -2.35. The second kappa shape index (κ2) is 6.54. The van der Waals surface area contributed by atoms with Gasteiger partial charge in [0.15, 0.2) is 0 Å². The number of nitrogens with two attached hydrogens (primary N) is 1. The minimum Gasteiger partial charge on any atom is -0.323 e. The molecule has 0 bridgehead atoms. The van der Waals surface area contributed by atoms with Gasteiger partial charge in [-0.05, 0) is 38.5 Å². The van der Waals surface area contributed by atoms with Crippen LogP contribution in [0.3, 0.4) is 0 Å². The van der Waals surface area contributed by atoms with Crippen molar-refractivity contribution < 1.29 is 4.79 Å². The molecule has 0 aliphatic carbocycles. The molecule has 1 aromatic carbocycles. The third-order valence-corrected chi connectivity index (χ3v) is 3.34. The molecule has 0 aliphatic heterocycles. The van der Waals surface area contributed by atoms with E-state index >= 15 is 0 Å². The molecule has 1 heterocycles. The van der Waals surface area contributed by atoms with E-state index in [1.165, 1.54) is 0 Å². The van der Waals surface area contributed by atoms with Crippen molar-refractivity contribution in [1.29, 1.82) is 0 Å². The molecule has 1 unspecified atom stereocenters. The van der Waals surface area contributed by atoms with E-state index in [4.69, 9.17) is 5.73 Å². The van der Waals surface area contributed by atoms with Crippen molar-refractivity contribution in [1.82, 2.24) is 9.78 Å². The number of nitrogens with one attached hydrogen (secondary N) is 1. The quantitative estimate of drug-likeness (QED) is 0.887. The van der Waals surface area contributed by atoms with Crippen LogP contribution in [0.1, 0.15) is 31.2 Å². The van der Waals surface area contributed by atoms with E-state index < -0.39 is 6.04 Å². The number of amides is 1. The Hall–Kier alpha value is -2.14. The van der Waals surface area contributed by atoms with Gasteiger partial charge in [0.2, 0.25) is 5.91 Å². The molecule has 0 aliphatic rings. The average molecular weight is 286 g/mol. The number of nitrogens with zero attached hydrogens (tertiary/aromatic N) is 2. The van der Waals surface area contributed by atoms with Crippen LogP contribution in [0.25, 0.3) is 5.69 Å². The van der Waals surface area contributed by atoms with Gasteiger partial charge in [0.05, 0.1) is 23.1 Å². The highest BCUT2D eigenvalue weighted by atomic mass is 16.2. The summed E-state index contributed by atoms with van der Waals surface area (Å²) >= 11 is 0. The van der Waals surface area contributed by atoms with Gasteiger partial charge in [-0.2, -0.15) is 5.10 Å². The number of para-hydroxylation sites is 2. The van der Waals surface area contributed by atoms with Crippen LogP contribution in [0.2, 0.25) is 0 Å². The Morgan fingerprint density at radius 1 is 1.38 bits per heavy atom. The van der Waals surface area contributed by atoms with E-state index in [9.17, 15) is 4.79 Å². The third-order valence-electron chi connectivity index (χ3n) is 3.34. The molecule has 2 aromatic rings. The number of carbonyl (C=O) groups excluding carboxylic acids is 1. The van der Waals surface area contributed by atoms with Crippen LogP contribution in [0.4, 0.5) is 5.69 Å². The molecule has 0 spiro atoms. The Balaban J connectivity index is 2.29. The standard InChI is InChI=1S/C16H22N4O/c1-4-7-13(17)16(21)18-14-8-5-6-9-15(14)20-12(3)10-11(2)19-20/h5-6,8-10,13H,4,7,17H2,1-3H3,(H,18,21). The van der Waals surface area contributed by atoms with E-state index in [0.29, 0.717) is 6.42 Å². The average Bonchev–Trinajstić information content (AvgIpc) is 2.78. The number of carbonyl (C=O) groups is 1.